The molecule has 0 radical (unpaired) electrons. The van der Waals surface area contributed by atoms with Crippen molar-refractivity contribution in [3.05, 3.63) is 0 Å². The average Bonchev–Trinajstić information content (AvgIpc) is 2.53. The number of urea groups is 1. The molecule has 2 rings (SSSR count). The van der Waals surface area contributed by atoms with Crippen molar-refractivity contribution in [2.24, 2.45) is 5.41 Å². The standard InChI is InChI=1S/C16H28N2O3/c1-2-13-8-4-7-11-18(13)15(21)17-12-16(14(19)20)9-5-3-6-10-16/h13H,2-12H2,1H3,(H,17,21)(H,19,20). The Labute approximate surface area is 127 Å². The number of nitrogens with zero attached hydrogens (tertiary/aromatic N) is 1. The van der Waals surface area contributed by atoms with E-state index in [-0.39, 0.29) is 12.6 Å². The van der Waals surface area contributed by atoms with Gasteiger partial charge in [-0.1, -0.05) is 26.2 Å². The second-order valence-corrected chi connectivity index (χ2v) is 6.56. The molecule has 0 spiro atoms. The molecular formula is C16H28N2O3. The van der Waals surface area contributed by atoms with Gasteiger partial charge in [-0.15, -0.1) is 0 Å². The topological polar surface area (TPSA) is 69.6 Å². The number of rotatable bonds is 4. The van der Waals surface area contributed by atoms with E-state index >= 15 is 0 Å². The Bertz CT molecular complexity index is 378. The number of nitrogens with one attached hydrogen (secondary N) is 1. The molecule has 21 heavy (non-hydrogen) atoms. The van der Waals surface area contributed by atoms with Gasteiger partial charge in [0.2, 0.25) is 0 Å². The maximum atomic E-state index is 12.4. The third-order valence-corrected chi connectivity index (χ3v) is 5.20. The fourth-order valence-electron chi connectivity index (χ4n) is 3.73. The number of carboxylic acids is 1. The summed E-state index contributed by atoms with van der Waals surface area (Å²) in [5.41, 5.74) is -0.745. The number of aliphatic carboxylic acids is 1. The van der Waals surface area contributed by atoms with Gasteiger partial charge in [0, 0.05) is 19.1 Å². The van der Waals surface area contributed by atoms with Gasteiger partial charge in [0.1, 0.15) is 0 Å². The highest BCUT2D eigenvalue weighted by Gasteiger charge is 2.40. The molecule has 0 bridgehead atoms. The van der Waals surface area contributed by atoms with Gasteiger partial charge in [-0.25, -0.2) is 4.79 Å². The predicted octanol–water partition coefficient (Wildman–Crippen LogP) is 3.00. The molecule has 0 aromatic rings. The van der Waals surface area contributed by atoms with Crippen molar-refractivity contribution in [1.29, 1.82) is 0 Å². The van der Waals surface area contributed by atoms with Crippen molar-refractivity contribution in [1.82, 2.24) is 10.2 Å². The van der Waals surface area contributed by atoms with Crippen LogP contribution in [-0.4, -0.2) is 41.1 Å². The second-order valence-electron chi connectivity index (χ2n) is 6.56. The lowest BCUT2D eigenvalue weighted by atomic mass is 9.74. The van der Waals surface area contributed by atoms with Crippen LogP contribution in [0.1, 0.15) is 64.7 Å². The molecule has 2 aliphatic rings. The number of carboxylic acid groups (broad SMARTS) is 1. The summed E-state index contributed by atoms with van der Waals surface area (Å²) in [5, 5.41) is 12.5. The van der Waals surface area contributed by atoms with Crippen LogP contribution in [0.3, 0.4) is 0 Å². The van der Waals surface area contributed by atoms with Crippen LogP contribution in [0.15, 0.2) is 0 Å². The molecule has 1 saturated heterocycles. The van der Waals surface area contributed by atoms with Crippen molar-refractivity contribution in [3.63, 3.8) is 0 Å². The number of carbonyl (C=O) groups excluding carboxylic acids is 1. The fourth-order valence-corrected chi connectivity index (χ4v) is 3.73. The number of hydrogen-bond acceptors (Lipinski definition) is 2. The number of amides is 2. The summed E-state index contributed by atoms with van der Waals surface area (Å²) in [7, 11) is 0. The van der Waals surface area contributed by atoms with E-state index < -0.39 is 11.4 Å². The first-order valence-corrected chi connectivity index (χ1v) is 8.37. The smallest absolute Gasteiger partial charge is 0.317 e. The minimum atomic E-state index is -0.756. The van der Waals surface area contributed by atoms with Gasteiger partial charge in [-0.3, -0.25) is 4.79 Å². The average molecular weight is 296 g/mol. The van der Waals surface area contributed by atoms with Gasteiger partial charge in [0.25, 0.3) is 0 Å². The lowest BCUT2D eigenvalue weighted by Crippen LogP contribution is -2.52. The number of hydrogen-bond donors (Lipinski definition) is 2. The van der Waals surface area contributed by atoms with Gasteiger partial charge in [0.15, 0.2) is 0 Å². The number of carbonyl (C=O) groups is 2. The van der Waals surface area contributed by atoms with E-state index in [4.69, 9.17) is 0 Å². The maximum absolute atomic E-state index is 12.4. The van der Waals surface area contributed by atoms with Gasteiger partial charge >= 0.3 is 12.0 Å². The summed E-state index contributed by atoms with van der Waals surface area (Å²) in [6.45, 7) is 3.18. The predicted molar refractivity (Wildman–Crippen MR) is 81.2 cm³/mol. The van der Waals surface area contributed by atoms with Gasteiger partial charge in [-0.05, 0) is 38.5 Å². The zero-order valence-electron chi connectivity index (χ0n) is 13.1. The molecular weight excluding hydrogens is 268 g/mol. The van der Waals surface area contributed by atoms with E-state index in [1.165, 1.54) is 6.42 Å². The summed E-state index contributed by atoms with van der Waals surface area (Å²) < 4.78 is 0. The summed E-state index contributed by atoms with van der Waals surface area (Å²) in [6, 6.07) is 0.235. The highest BCUT2D eigenvalue weighted by atomic mass is 16.4. The zero-order valence-corrected chi connectivity index (χ0v) is 13.1. The summed E-state index contributed by atoms with van der Waals surface area (Å²) in [4.78, 5) is 25.9. The molecule has 1 aliphatic heterocycles. The minimum Gasteiger partial charge on any atom is -0.481 e. The molecule has 1 heterocycles. The van der Waals surface area contributed by atoms with Crippen LogP contribution in [0.4, 0.5) is 4.79 Å². The lowest BCUT2D eigenvalue weighted by Gasteiger charge is -2.37. The van der Waals surface area contributed by atoms with Crippen molar-refractivity contribution in [3.8, 4) is 0 Å². The van der Waals surface area contributed by atoms with E-state index in [1.54, 1.807) is 0 Å². The van der Waals surface area contributed by atoms with E-state index in [9.17, 15) is 14.7 Å². The van der Waals surface area contributed by atoms with Gasteiger partial charge in [0.05, 0.1) is 5.41 Å². The Morgan fingerprint density at radius 1 is 1.19 bits per heavy atom. The lowest BCUT2D eigenvalue weighted by molar-refractivity contribution is -0.150. The summed E-state index contributed by atoms with van der Waals surface area (Å²) >= 11 is 0. The highest BCUT2D eigenvalue weighted by Crippen LogP contribution is 2.36. The van der Waals surface area contributed by atoms with Crippen molar-refractivity contribution >= 4 is 12.0 Å². The van der Waals surface area contributed by atoms with Crippen LogP contribution in [0.25, 0.3) is 0 Å². The summed E-state index contributed by atoms with van der Waals surface area (Å²) in [5.74, 6) is -0.756. The molecule has 2 amide bonds. The molecule has 1 aliphatic carbocycles. The number of piperidine rings is 1. The quantitative estimate of drug-likeness (QED) is 0.838. The molecule has 0 aromatic heterocycles. The van der Waals surface area contributed by atoms with Crippen molar-refractivity contribution < 1.29 is 14.7 Å². The molecule has 2 N–H and O–H groups in total. The van der Waals surface area contributed by atoms with Crippen LogP contribution in [-0.2, 0) is 4.79 Å². The zero-order chi connectivity index (χ0) is 15.3. The monoisotopic (exact) mass is 296 g/mol. The third-order valence-electron chi connectivity index (χ3n) is 5.20. The van der Waals surface area contributed by atoms with Crippen molar-refractivity contribution in [2.45, 2.75) is 70.8 Å². The van der Waals surface area contributed by atoms with Gasteiger partial charge < -0.3 is 15.3 Å². The van der Waals surface area contributed by atoms with Crippen LogP contribution in [0, 0.1) is 5.41 Å². The minimum absolute atomic E-state index is 0.0762. The third kappa shape index (κ3) is 3.69. The molecule has 0 aromatic carbocycles. The molecule has 120 valence electrons. The Balaban J connectivity index is 1.93. The Kier molecular flexibility index (Phi) is 5.48. The Morgan fingerprint density at radius 3 is 2.52 bits per heavy atom. The van der Waals surface area contributed by atoms with Crippen molar-refractivity contribution in [2.75, 3.05) is 13.1 Å². The van der Waals surface area contributed by atoms with E-state index in [2.05, 4.69) is 12.2 Å². The number of likely N-dealkylation sites (tertiary alicyclic amines) is 1. The molecule has 2 fully saturated rings. The normalized spacial score (nSPS) is 25.4. The fraction of sp³-hybridized carbons (Fsp3) is 0.875. The van der Waals surface area contributed by atoms with Crippen LogP contribution in [0.2, 0.25) is 0 Å². The SMILES string of the molecule is CCC1CCCCN1C(=O)NCC1(C(=O)O)CCCCC1. The van der Waals surface area contributed by atoms with Gasteiger partial charge in [-0.2, -0.15) is 0 Å². The maximum Gasteiger partial charge on any atom is 0.317 e. The summed E-state index contributed by atoms with van der Waals surface area (Å²) in [6.07, 6.45) is 8.63. The molecule has 5 nitrogen and oxygen atoms in total. The molecule has 1 saturated carbocycles. The Morgan fingerprint density at radius 2 is 1.90 bits per heavy atom. The first-order valence-electron chi connectivity index (χ1n) is 8.37. The van der Waals surface area contributed by atoms with Crippen LogP contribution >= 0.6 is 0 Å². The highest BCUT2D eigenvalue weighted by molar-refractivity contribution is 5.78. The van der Waals surface area contributed by atoms with E-state index in [0.717, 1.165) is 45.1 Å². The molecule has 1 unspecified atom stereocenters. The largest absolute Gasteiger partial charge is 0.481 e. The van der Waals surface area contributed by atoms with E-state index in [1.807, 2.05) is 4.90 Å². The Hall–Kier alpha value is -1.26. The van der Waals surface area contributed by atoms with E-state index in [0.29, 0.717) is 18.9 Å². The first kappa shape index (κ1) is 16.1. The molecule has 5 heteroatoms. The first-order chi connectivity index (χ1) is 10.1. The van der Waals surface area contributed by atoms with Crippen LogP contribution in [0.5, 0.6) is 0 Å². The second kappa shape index (κ2) is 7.14. The van der Waals surface area contributed by atoms with Crippen LogP contribution < -0.4 is 5.32 Å². The molecule has 1 atom stereocenters.